The van der Waals surface area contributed by atoms with E-state index >= 15 is 0 Å². The summed E-state index contributed by atoms with van der Waals surface area (Å²) in [5, 5.41) is 2.82. The lowest BCUT2D eigenvalue weighted by Gasteiger charge is -2.09. The summed E-state index contributed by atoms with van der Waals surface area (Å²) >= 11 is 5.73. The van der Waals surface area contributed by atoms with Crippen LogP contribution in [0.25, 0.3) is 0 Å². The van der Waals surface area contributed by atoms with Gasteiger partial charge in [0.25, 0.3) is 5.91 Å². The van der Waals surface area contributed by atoms with Crippen LogP contribution in [0.3, 0.4) is 0 Å². The number of rotatable bonds is 5. The molecule has 2 rings (SSSR count). The fourth-order valence-electron chi connectivity index (χ4n) is 1.82. The average molecular weight is 306 g/mol. The van der Waals surface area contributed by atoms with Crippen LogP contribution >= 0.6 is 11.6 Å². The Bertz CT molecular complexity index is 604. The first-order valence-electron chi connectivity index (χ1n) is 6.35. The van der Waals surface area contributed by atoms with Crippen molar-refractivity contribution >= 4 is 23.2 Å². The first-order valence-corrected chi connectivity index (χ1v) is 6.89. The summed E-state index contributed by atoms with van der Waals surface area (Å²) in [6.07, 6.45) is 0. The van der Waals surface area contributed by atoms with E-state index in [-0.39, 0.29) is 5.91 Å². The second-order valence-electron chi connectivity index (χ2n) is 4.39. The maximum atomic E-state index is 12.3. The Balaban J connectivity index is 2.18. The molecule has 1 N–H and O–H groups in total. The standard InChI is InChI=1S/C16H16ClNO3/c1-20-14-7-12(8-15(9-14)21-2)16(19)18-13-5-3-11(10-17)4-6-13/h3-9H,10H2,1-2H3,(H,18,19). The molecule has 0 aliphatic carbocycles. The number of anilines is 1. The Morgan fingerprint density at radius 3 is 2.10 bits per heavy atom. The van der Waals surface area contributed by atoms with E-state index in [0.717, 1.165) is 5.56 Å². The van der Waals surface area contributed by atoms with Crippen molar-refractivity contribution < 1.29 is 14.3 Å². The van der Waals surface area contributed by atoms with Crippen molar-refractivity contribution in [2.75, 3.05) is 19.5 Å². The largest absolute Gasteiger partial charge is 0.497 e. The predicted octanol–water partition coefficient (Wildman–Crippen LogP) is 3.69. The molecule has 4 nitrogen and oxygen atoms in total. The molecule has 21 heavy (non-hydrogen) atoms. The van der Waals surface area contributed by atoms with Gasteiger partial charge in [0.15, 0.2) is 0 Å². The van der Waals surface area contributed by atoms with Crippen LogP contribution in [0.5, 0.6) is 11.5 Å². The molecule has 0 saturated carbocycles. The van der Waals surface area contributed by atoms with Crippen molar-refractivity contribution in [3.8, 4) is 11.5 Å². The predicted molar refractivity (Wildman–Crippen MR) is 83.5 cm³/mol. The minimum atomic E-state index is -0.231. The maximum absolute atomic E-state index is 12.3. The van der Waals surface area contributed by atoms with Crippen LogP contribution in [0.15, 0.2) is 42.5 Å². The molecule has 0 unspecified atom stereocenters. The van der Waals surface area contributed by atoms with E-state index in [9.17, 15) is 4.79 Å². The first-order chi connectivity index (χ1) is 10.2. The van der Waals surface area contributed by atoms with Gasteiger partial charge in [0.1, 0.15) is 11.5 Å². The van der Waals surface area contributed by atoms with Crippen LogP contribution in [0, 0.1) is 0 Å². The smallest absolute Gasteiger partial charge is 0.255 e. The highest BCUT2D eigenvalue weighted by Crippen LogP contribution is 2.23. The number of carbonyl (C=O) groups excluding carboxylic acids is 1. The van der Waals surface area contributed by atoms with Crippen LogP contribution in [-0.2, 0) is 5.88 Å². The van der Waals surface area contributed by atoms with E-state index in [4.69, 9.17) is 21.1 Å². The Kier molecular flexibility index (Phi) is 5.06. The van der Waals surface area contributed by atoms with Gasteiger partial charge in [-0.3, -0.25) is 4.79 Å². The summed E-state index contributed by atoms with van der Waals surface area (Å²) in [6.45, 7) is 0. The van der Waals surface area contributed by atoms with Crippen molar-refractivity contribution in [3.05, 3.63) is 53.6 Å². The molecule has 0 fully saturated rings. The van der Waals surface area contributed by atoms with Gasteiger partial charge in [-0.1, -0.05) is 12.1 Å². The van der Waals surface area contributed by atoms with E-state index in [1.807, 2.05) is 24.3 Å². The molecule has 2 aromatic rings. The van der Waals surface area contributed by atoms with Gasteiger partial charge in [0.2, 0.25) is 0 Å². The van der Waals surface area contributed by atoms with Crippen molar-refractivity contribution in [1.82, 2.24) is 0 Å². The van der Waals surface area contributed by atoms with Crippen LogP contribution < -0.4 is 14.8 Å². The van der Waals surface area contributed by atoms with Crippen molar-refractivity contribution in [3.63, 3.8) is 0 Å². The second kappa shape index (κ2) is 6.99. The minimum Gasteiger partial charge on any atom is -0.497 e. The highest BCUT2D eigenvalue weighted by Gasteiger charge is 2.10. The van der Waals surface area contributed by atoms with Crippen molar-refractivity contribution in [1.29, 1.82) is 0 Å². The summed E-state index contributed by atoms with van der Waals surface area (Å²) in [4.78, 5) is 12.3. The number of ether oxygens (including phenoxy) is 2. The number of nitrogens with one attached hydrogen (secondary N) is 1. The van der Waals surface area contributed by atoms with Gasteiger partial charge in [0, 0.05) is 23.2 Å². The molecule has 0 aliphatic rings. The lowest BCUT2D eigenvalue weighted by molar-refractivity contribution is 0.102. The molecular weight excluding hydrogens is 290 g/mol. The maximum Gasteiger partial charge on any atom is 0.255 e. The van der Waals surface area contributed by atoms with Gasteiger partial charge in [-0.05, 0) is 29.8 Å². The van der Waals surface area contributed by atoms with Gasteiger partial charge in [-0.2, -0.15) is 0 Å². The Labute approximate surface area is 128 Å². The molecule has 0 aromatic heterocycles. The molecule has 1 amide bonds. The Morgan fingerprint density at radius 2 is 1.62 bits per heavy atom. The third-order valence-electron chi connectivity index (χ3n) is 2.98. The van der Waals surface area contributed by atoms with E-state index in [1.165, 1.54) is 0 Å². The van der Waals surface area contributed by atoms with Gasteiger partial charge in [-0.15, -0.1) is 11.6 Å². The zero-order chi connectivity index (χ0) is 15.2. The number of hydrogen-bond donors (Lipinski definition) is 1. The third kappa shape index (κ3) is 3.89. The van der Waals surface area contributed by atoms with Crippen molar-refractivity contribution in [2.24, 2.45) is 0 Å². The number of amides is 1. The summed E-state index contributed by atoms with van der Waals surface area (Å²) < 4.78 is 10.3. The number of alkyl halides is 1. The zero-order valence-corrected chi connectivity index (χ0v) is 12.6. The van der Waals surface area contributed by atoms with Gasteiger partial charge in [0.05, 0.1) is 14.2 Å². The molecule has 110 valence electrons. The number of methoxy groups -OCH3 is 2. The molecule has 0 saturated heterocycles. The number of carbonyl (C=O) groups is 1. The van der Waals surface area contributed by atoms with Gasteiger partial charge < -0.3 is 14.8 Å². The first kappa shape index (κ1) is 15.2. The monoisotopic (exact) mass is 305 g/mol. The summed E-state index contributed by atoms with van der Waals surface area (Å²) in [6, 6.07) is 12.4. The van der Waals surface area contributed by atoms with E-state index in [2.05, 4.69) is 5.32 Å². The van der Waals surface area contributed by atoms with Crippen LogP contribution in [0.1, 0.15) is 15.9 Å². The van der Waals surface area contributed by atoms with Crippen LogP contribution in [0.2, 0.25) is 0 Å². The van der Waals surface area contributed by atoms with Gasteiger partial charge in [-0.25, -0.2) is 0 Å². The molecule has 5 heteroatoms. The number of hydrogen-bond acceptors (Lipinski definition) is 3. The lowest BCUT2D eigenvalue weighted by Crippen LogP contribution is -2.12. The van der Waals surface area contributed by atoms with Crippen LogP contribution in [0.4, 0.5) is 5.69 Å². The molecule has 0 atom stereocenters. The fraction of sp³-hybridized carbons (Fsp3) is 0.188. The quantitative estimate of drug-likeness (QED) is 0.857. The van der Waals surface area contributed by atoms with E-state index < -0.39 is 0 Å². The van der Waals surface area contributed by atoms with Gasteiger partial charge >= 0.3 is 0 Å². The fourth-order valence-corrected chi connectivity index (χ4v) is 2.00. The molecule has 2 aromatic carbocycles. The summed E-state index contributed by atoms with van der Waals surface area (Å²) in [5.41, 5.74) is 2.17. The molecule has 0 spiro atoms. The second-order valence-corrected chi connectivity index (χ2v) is 4.65. The van der Waals surface area contributed by atoms with E-state index in [0.29, 0.717) is 28.6 Å². The SMILES string of the molecule is COc1cc(OC)cc(C(=O)Nc2ccc(CCl)cc2)c1. The highest BCUT2D eigenvalue weighted by molar-refractivity contribution is 6.17. The molecular formula is C16H16ClNO3. The highest BCUT2D eigenvalue weighted by atomic mass is 35.5. The summed E-state index contributed by atoms with van der Waals surface area (Å²) in [7, 11) is 3.09. The molecule has 0 radical (unpaired) electrons. The number of benzene rings is 2. The van der Waals surface area contributed by atoms with Crippen molar-refractivity contribution in [2.45, 2.75) is 5.88 Å². The zero-order valence-electron chi connectivity index (χ0n) is 11.9. The Hall–Kier alpha value is -2.20. The van der Waals surface area contributed by atoms with E-state index in [1.54, 1.807) is 32.4 Å². The lowest BCUT2D eigenvalue weighted by atomic mass is 10.1. The number of halogens is 1. The third-order valence-corrected chi connectivity index (χ3v) is 3.29. The average Bonchev–Trinajstić information content (AvgIpc) is 2.54. The molecule has 0 bridgehead atoms. The molecule has 0 heterocycles. The minimum absolute atomic E-state index is 0.231. The normalized spacial score (nSPS) is 10.0. The van der Waals surface area contributed by atoms with Crippen LogP contribution in [-0.4, -0.2) is 20.1 Å². The summed E-state index contributed by atoms with van der Waals surface area (Å²) in [5.74, 6) is 1.35. The molecule has 0 aliphatic heterocycles. The Morgan fingerprint density at radius 1 is 1.05 bits per heavy atom. The topological polar surface area (TPSA) is 47.6 Å².